The molecule has 1 heterocycles. The molecular formula is C12H16F2N2O. The van der Waals surface area contributed by atoms with Crippen molar-refractivity contribution in [3.05, 3.63) is 35.4 Å². The molecule has 0 aliphatic carbocycles. The molecule has 1 fully saturated rings. The number of aliphatic hydroxyl groups excluding tert-OH is 1. The number of halogens is 2. The van der Waals surface area contributed by atoms with E-state index in [1.807, 2.05) is 4.90 Å². The van der Waals surface area contributed by atoms with Crippen molar-refractivity contribution >= 4 is 0 Å². The molecular weight excluding hydrogens is 226 g/mol. The molecule has 3 nitrogen and oxygen atoms in total. The molecule has 0 bridgehead atoms. The first-order chi connectivity index (χ1) is 8.16. The summed E-state index contributed by atoms with van der Waals surface area (Å²) in [4.78, 5) is 2.03. The van der Waals surface area contributed by atoms with Crippen molar-refractivity contribution in [1.29, 1.82) is 0 Å². The van der Waals surface area contributed by atoms with Crippen LogP contribution in [0.4, 0.5) is 8.78 Å². The van der Waals surface area contributed by atoms with Crippen LogP contribution in [0, 0.1) is 11.6 Å². The zero-order chi connectivity index (χ0) is 12.3. The molecule has 0 amide bonds. The lowest BCUT2D eigenvalue weighted by atomic mass is 10.1. The highest BCUT2D eigenvalue weighted by molar-refractivity contribution is 5.21. The summed E-state index contributed by atoms with van der Waals surface area (Å²) in [5, 5.41) is 13.1. The van der Waals surface area contributed by atoms with Crippen LogP contribution >= 0.6 is 0 Å². The lowest BCUT2D eigenvalue weighted by Crippen LogP contribution is -2.45. The minimum absolute atomic E-state index is 0.0310. The third-order valence-corrected chi connectivity index (χ3v) is 2.96. The fourth-order valence-electron chi connectivity index (χ4n) is 2.01. The maximum Gasteiger partial charge on any atom is 0.129 e. The van der Waals surface area contributed by atoms with Gasteiger partial charge < -0.3 is 10.4 Å². The van der Waals surface area contributed by atoms with E-state index < -0.39 is 17.7 Å². The van der Waals surface area contributed by atoms with Gasteiger partial charge in [0.25, 0.3) is 0 Å². The second-order valence-electron chi connectivity index (χ2n) is 4.23. The Labute approximate surface area is 99.1 Å². The number of rotatable bonds is 3. The fourth-order valence-corrected chi connectivity index (χ4v) is 2.01. The standard InChI is InChI=1S/C12H16F2N2O/c13-9-1-2-11(14)10(7-9)12(17)8-16-5-3-15-4-6-16/h1-2,7,12,15,17H,3-6,8H2. The Balaban J connectivity index is 2.02. The van der Waals surface area contributed by atoms with Gasteiger partial charge in [0, 0.05) is 38.3 Å². The first-order valence-electron chi connectivity index (χ1n) is 5.73. The summed E-state index contributed by atoms with van der Waals surface area (Å²) in [5.74, 6) is -1.09. The zero-order valence-electron chi connectivity index (χ0n) is 9.50. The number of piperazine rings is 1. The number of hydrogen-bond acceptors (Lipinski definition) is 3. The minimum atomic E-state index is -0.983. The van der Waals surface area contributed by atoms with E-state index in [-0.39, 0.29) is 5.56 Å². The van der Waals surface area contributed by atoms with Crippen LogP contribution in [0.25, 0.3) is 0 Å². The number of nitrogens with zero attached hydrogens (tertiary/aromatic N) is 1. The third kappa shape index (κ3) is 3.21. The molecule has 0 aromatic heterocycles. The van der Waals surface area contributed by atoms with Gasteiger partial charge in [-0.2, -0.15) is 0 Å². The van der Waals surface area contributed by atoms with Gasteiger partial charge in [-0.15, -0.1) is 0 Å². The molecule has 1 unspecified atom stereocenters. The van der Waals surface area contributed by atoms with Gasteiger partial charge in [-0.25, -0.2) is 8.78 Å². The molecule has 1 aromatic carbocycles. The van der Waals surface area contributed by atoms with Crippen molar-refractivity contribution in [1.82, 2.24) is 10.2 Å². The van der Waals surface area contributed by atoms with Crippen molar-refractivity contribution in [2.75, 3.05) is 32.7 Å². The van der Waals surface area contributed by atoms with Gasteiger partial charge in [0.2, 0.25) is 0 Å². The second-order valence-corrected chi connectivity index (χ2v) is 4.23. The van der Waals surface area contributed by atoms with Crippen LogP contribution in [-0.4, -0.2) is 42.7 Å². The highest BCUT2D eigenvalue weighted by Crippen LogP contribution is 2.19. The van der Waals surface area contributed by atoms with Crippen LogP contribution in [0.15, 0.2) is 18.2 Å². The summed E-state index contributed by atoms with van der Waals surface area (Å²) in [5.41, 5.74) is 0.0310. The van der Waals surface area contributed by atoms with Crippen LogP contribution in [0.5, 0.6) is 0 Å². The Morgan fingerprint density at radius 1 is 1.29 bits per heavy atom. The largest absolute Gasteiger partial charge is 0.387 e. The van der Waals surface area contributed by atoms with Gasteiger partial charge in [0.1, 0.15) is 11.6 Å². The molecule has 1 atom stereocenters. The number of benzene rings is 1. The number of hydrogen-bond donors (Lipinski definition) is 2. The maximum atomic E-state index is 13.4. The van der Waals surface area contributed by atoms with E-state index in [9.17, 15) is 13.9 Å². The highest BCUT2D eigenvalue weighted by atomic mass is 19.1. The summed E-state index contributed by atoms with van der Waals surface area (Å²) < 4.78 is 26.4. The van der Waals surface area contributed by atoms with Crippen LogP contribution < -0.4 is 5.32 Å². The van der Waals surface area contributed by atoms with Crippen molar-refractivity contribution in [2.45, 2.75) is 6.10 Å². The van der Waals surface area contributed by atoms with Crippen molar-refractivity contribution < 1.29 is 13.9 Å². The normalized spacial score (nSPS) is 19.2. The molecule has 1 aromatic rings. The predicted octanol–water partition coefficient (Wildman–Crippen LogP) is 0.903. The van der Waals surface area contributed by atoms with E-state index in [2.05, 4.69) is 5.32 Å². The van der Waals surface area contributed by atoms with Gasteiger partial charge in [-0.3, -0.25) is 4.90 Å². The Morgan fingerprint density at radius 2 is 2.00 bits per heavy atom. The lowest BCUT2D eigenvalue weighted by Gasteiger charge is -2.29. The van der Waals surface area contributed by atoms with Gasteiger partial charge in [-0.1, -0.05) is 0 Å². The number of aliphatic hydroxyl groups is 1. The van der Waals surface area contributed by atoms with E-state index in [0.29, 0.717) is 6.54 Å². The lowest BCUT2D eigenvalue weighted by molar-refractivity contribution is 0.102. The molecule has 17 heavy (non-hydrogen) atoms. The topological polar surface area (TPSA) is 35.5 Å². The molecule has 0 spiro atoms. The van der Waals surface area contributed by atoms with Gasteiger partial charge in [0.05, 0.1) is 6.10 Å². The molecule has 1 saturated heterocycles. The molecule has 0 radical (unpaired) electrons. The molecule has 5 heteroatoms. The molecule has 94 valence electrons. The SMILES string of the molecule is OC(CN1CCNCC1)c1cc(F)ccc1F. The first-order valence-corrected chi connectivity index (χ1v) is 5.73. The van der Waals surface area contributed by atoms with Crippen molar-refractivity contribution in [3.8, 4) is 0 Å². The van der Waals surface area contributed by atoms with E-state index in [1.165, 1.54) is 0 Å². The minimum Gasteiger partial charge on any atom is -0.387 e. The third-order valence-electron chi connectivity index (χ3n) is 2.96. The van der Waals surface area contributed by atoms with Gasteiger partial charge >= 0.3 is 0 Å². The van der Waals surface area contributed by atoms with E-state index in [4.69, 9.17) is 0 Å². The van der Waals surface area contributed by atoms with Crippen LogP contribution in [-0.2, 0) is 0 Å². The number of β-amino-alcohol motifs (C(OH)–C–C–N with tert-alkyl or cyclic N) is 1. The molecule has 2 N–H and O–H groups in total. The summed E-state index contributed by atoms with van der Waals surface area (Å²) in [6.45, 7) is 3.68. The van der Waals surface area contributed by atoms with Crippen LogP contribution in [0.3, 0.4) is 0 Å². The van der Waals surface area contributed by atoms with E-state index in [0.717, 1.165) is 44.4 Å². The molecule has 1 aliphatic rings. The van der Waals surface area contributed by atoms with Crippen molar-refractivity contribution in [3.63, 3.8) is 0 Å². The van der Waals surface area contributed by atoms with Crippen LogP contribution in [0.2, 0.25) is 0 Å². The van der Waals surface area contributed by atoms with Gasteiger partial charge in [0.15, 0.2) is 0 Å². The Morgan fingerprint density at radius 3 is 2.71 bits per heavy atom. The quantitative estimate of drug-likeness (QED) is 0.826. The zero-order valence-corrected chi connectivity index (χ0v) is 9.50. The Bertz CT molecular complexity index is 381. The van der Waals surface area contributed by atoms with E-state index in [1.54, 1.807) is 0 Å². The van der Waals surface area contributed by atoms with Crippen molar-refractivity contribution in [2.24, 2.45) is 0 Å². The second kappa shape index (κ2) is 5.53. The van der Waals surface area contributed by atoms with E-state index >= 15 is 0 Å². The van der Waals surface area contributed by atoms with Gasteiger partial charge in [-0.05, 0) is 18.2 Å². The van der Waals surface area contributed by atoms with Crippen LogP contribution in [0.1, 0.15) is 11.7 Å². The Hall–Kier alpha value is -1.04. The summed E-state index contributed by atoms with van der Waals surface area (Å²) in [6.07, 6.45) is -0.983. The average molecular weight is 242 g/mol. The average Bonchev–Trinajstić information content (AvgIpc) is 2.33. The summed E-state index contributed by atoms with van der Waals surface area (Å²) in [7, 11) is 0. The Kier molecular flexibility index (Phi) is 4.04. The molecule has 2 rings (SSSR count). The smallest absolute Gasteiger partial charge is 0.129 e. The predicted molar refractivity (Wildman–Crippen MR) is 60.6 cm³/mol. The maximum absolute atomic E-state index is 13.4. The molecule has 1 aliphatic heterocycles. The summed E-state index contributed by atoms with van der Waals surface area (Å²) >= 11 is 0. The summed E-state index contributed by atoms with van der Waals surface area (Å²) in [6, 6.07) is 3.16. The highest BCUT2D eigenvalue weighted by Gasteiger charge is 2.18. The first kappa shape index (κ1) is 12.4. The monoisotopic (exact) mass is 242 g/mol. The number of nitrogens with one attached hydrogen (secondary N) is 1. The molecule has 0 saturated carbocycles. The fraction of sp³-hybridized carbons (Fsp3) is 0.500.